The van der Waals surface area contributed by atoms with Gasteiger partial charge in [-0.25, -0.2) is 0 Å². The molecule has 0 amide bonds. The maximum atomic E-state index is 2.20. The number of hydrogen-bond acceptors (Lipinski definition) is 0. The molecule has 0 saturated heterocycles. The second-order valence-electron chi connectivity index (χ2n) is 2.72. The molecule has 0 radical (unpaired) electrons. The first-order valence-corrected chi connectivity index (χ1v) is 3.94. The van der Waals surface area contributed by atoms with Gasteiger partial charge in [0, 0.05) is 18.9 Å². The summed E-state index contributed by atoms with van der Waals surface area (Å²) in [4.78, 5) is 0. The Kier molecular flexibility index (Phi) is 1.42. The number of nitrogens with zero attached hydrogens (tertiary/aromatic N) is 1. The summed E-state index contributed by atoms with van der Waals surface area (Å²) in [7, 11) is 0. The van der Waals surface area contributed by atoms with E-state index in [-0.39, 0.29) is 0 Å². The third-order valence-corrected chi connectivity index (χ3v) is 1.97. The summed E-state index contributed by atoms with van der Waals surface area (Å²) in [6.45, 7) is 3.20. The lowest BCUT2D eigenvalue weighted by atomic mass is 10.2. The Morgan fingerprint density at radius 1 is 1.09 bits per heavy atom. The van der Waals surface area contributed by atoms with Gasteiger partial charge in [0.1, 0.15) is 0 Å². The van der Waals surface area contributed by atoms with Crippen molar-refractivity contribution in [3.63, 3.8) is 0 Å². The van der Waals surface area contributed by atoms with Gasteiger partial charge in [0.05, 0.1) is 0 Å². The summed E-state index contributed by atoms with van der Waals surface area (Å²) in [5, 5.41) is 2.66. The van der Waals surface area contributed by atoms with Crippen molar-refractivity contribution in [3.8, 4) is 0 Å². The van der Waals surface area contributed by atoms with Gasteiger partial charge in [0.15, 0.2) is 0 Å². The molecule has 0 saturated carbocycles. The van der Waals surface area contributed by atoms with Crippen LogP contribution in [0.1, 0.15) is 6.92 Å². The van der Waals surface area contributed by atoms with Crippen LogP contribution in [0.15, 0.2) is 36.7 Å². The highest BCUT2D eigenvalue weighted by Crippen LogP contribution is 2.13. The van der Waals surface area contributed by atoms with E-state index < -0.39 is 0 Å². The van der Waals surface area contributed by atoms with Gasteiger partial charge in [0.25, 0.3) is 0 Å². The molecule has 2 rings (SSSR count). The van der Waals surface area contributed by atoms with Crippen LogP contribution in [-0.4, -0.2) is 4.57 Å². The van der Waals surface area contributed by atoms with Crippen molar-refractivity contribution < 1.29 is 0 Å². The van der Waals surface area contributed by atoms with E-state index in [1.54, 1.807) is 0 Å². The maximum absolute atomic E-state index is 2.20. The predicted octanol–water partition coefficient (Wildman–Crippen LogP) is 2.66. The van der Waals surface area contributed by atoms with Gasteiger partial charge in [0.2, 0.25) is 0 Å². The molecule has 56 valence electrons. The summed E-state index contributed by atoms with van der Waals surface area (Å²) in [5.41, 5.74) is 0. The number of fused-ring (bicyclic) bond motifs is 1. The molecule has 1 nitrogen and oxygen atoms in total. The lowest BCUT2D eigenvalue weighted by Crippen LogP contribution is -1.85. The number of aryl methyl sites for hydroxylation is 1. The molecule has 1 aromatic heterocycles. The van der Waals surface area contributed by atoms with E-state index in [9.17, 15) is 0 Å². The van der Waals surface area contributed by atoms with Gasteiger partial charge in [-0.05, 0) is 17.7 Å². The first kappa shape index (κ1) is 6.47. The molecule has 1 heteroatoms. The van der Waals surface area contributed by atoms with Crippen LogP contribution >= 0.6 is 0 Å². The summed E-state index contributed by atoms with van der Waals surface area (Å²) >= 11 is 0. The Labute approximate surface area is 66.3 Å². The average Bonchev–Trinajstić information content (AvgIpc) is 2.46. The largest absolute Gasteiger partial charge is 0.353 e. The number of aromatic nitrogens is 1. The quantitative estimate of drug-likeness (QED) is 0.581. The Balaban J connectivity index is 2.69. The molecule has 0 bridgehead atoms. The number of rotatable bonds is 1. The van der Waals surface area contributed by atoms with Gasteiger partial charge < -0.3 is 4.57 Å². The standard InChI is InChI=1S/C10H11N/c1-2-11-7-9-5-3-4-6-10(9)8-11/h3-8H,2H2,1H3. The summed E-state index contributed by atoms with van der Waals surface area (Å²) in [6.07, 6.45) is 4.35. The van der Waals surface area contributed by atoms with E-state index in [1.807, 2.05) is 0 Å². The molecular formula is C10H11N. The summed E-state index contributed by atoms with van der Waals surface area (Å²) < 4.78 is 2.20. The highest BCUT2D eigenvalue weighted by Gasteiger charge is 1.93. The lowest BCUT2D eigenvalue weighted by Gasteiger charge is -1.90. The molecular weight excluding hydrogens is 134 g/mol. The second-order valence-corrected chi connectivity index (χ2v) is 2.72. The van der Waals surface area contributed by atoms with Crippen LogP contribution in [0, 0.1) is 0 Å². The third kappa shape index (κ3) is 1.03. The van der Waals surface area contributed by atoms with Gasteiger partial charge in [-0.2, -0.15) is 0 Å². The zero-order valence-corrected chi connectivity index (χ0v) is 6.62. The molecule has 11 heavy (non-hydrogen) atoms. The molecule has 0 N–H and O–H groups in total. The van der Waals surface area contributed by atoms with Crippen molar-refractivity contribution in [2.45, 2.75) is 13.5 Å². The van der Waals surface area contributed by atoms with Gasteiger partial charge in [-0.3, -0.25) is 0 Å². The smallest absolute Gasteiger partial charge is 0.0191 e. The Morgan fingerprint density at radius 2 is 1.64 bits per heavy atom. The second kappa shape index (κ2) is 2.42. The topological polar surface area (TPSA) is 4.93 Å². The van der Waals surface area contributed by atoms with Crippen LogP contribution in [0.5, 0.6) is 0 Å². The van der Waals surface area contributed by atoms with Gasteiger partial charge in [-0.1, -0.05) is 24.3 Å². The van der Waals surface area contributed by atoms with Crippen LogP contribution in [-0.2, 0) is 6.54 Å². The molecule has 0 fully saturated rings. The molecule has 0 spiro atoms. The molecule has 0 unspecified atom stereocenters. The van der Waals surface area contributed by atoms with Crippen molar-refractivity contribution in [2.75, 3.05) is 0 Å². The van der Waals surface area contributed by atoms with Crippen molar-refractivity contribution in [3.05, 3.63) is 36.7 Å². The highest BCUT2D eigenvalue weighted by molar-refractivity contribution is 5.81. The zero-order chi connectivity index (χ0) is 7.68. The Bertz CT molecular complexity index is 327. The van der Waals surface area contributed by atoms with Crippen LogP contribution in [0.4, 0.5) is 0 Å². The molecule has 0 atom stereocenters. The minimum Gasteiger partial charge on any atom is -0.353 e. The van der Waals surface area contributed by atoms with Gasteiger partial charge >= 0.3 is 0 Å². The Hall–Kier alpha value is -1.24. The van der Waals surface area contributed by atoms with Gasteiger partial charge in [-0.15, -0.1) is 0 Å². The van der Waals surface area contributed by atoms with Crippen LogP contribution in [0.3, 0.4) is 0 Å². The van der Waals surface area contributed by atoms with Crippen molar-refractivity contribution >= 4 is 10.8 Å². The number of hydrogen-bond donors (Lipinski definition) is 0. The molecule has 0 aliphatic rings. The SMILES string of the molecule is CCn1cc2ccccc2c1. The first-order chi connectivity index (χ1) is 5.40. The van der Waals surface area contributed by atoms with E-state index >= 15 is 0 Å². The average molecular weight is 145 g/mol. The normalized spacial score (nSPS) is 10.6. The molecule has 1 heterocycles. The van der Waals surface area contributed by atoms with Crippen molar-refractivity contribution in [1.82, 2.24) is 4.57 Å². The van der Waals surface area contributed by atoms with E-state index in [0.29, 0.717) is 0 Å². The minimum atomic E-state index is 1.05. The fourth-order valence-electron chi connectivity index (χ4n) is 1.32. The van der Waals surface area contributed by atoms with Crippen molar-refractivity contribution in [2.24, 2.45) is 0 Å². The summed E-state index contributed by atoms with van der Waals surface area (Å²) in [6, 6.07) is 8.42. The third-order valence-electron chi connectivity index (χ3n) is 1.97. The van der Waals surface area contributed by atoms with Crippen LogP contribution < -0.4 is 0 Å². The monoisotopic (exact) mass is 145 g/mol. The van der Waals surface area contributed by atoms with E-state index in [1.165, 1.54) is 10.8 Å². The highest BCUT2D eigenvalue weighted by atomic mass is 14.9. The molecule has 2 aromatic rings. The molecule has 0 aliphatic carbocycles. The molecule has 1 aromatic carbocycles. The Morgan fingerprint density at radius 3 is 2.09 bits per heavy atom. The fraction of sp³-hybridized carbons (Fsp3) is 0.200. The minimum absolute atomic E-state index is 1.05. The van der Waals surface area contributed by atoms with Crippen LogP contribution in [0.25, 0.3) is 10.8 Å². The maximum Gasteiger partial charge on any atom is 0.0191 e. The zero-order valence-electron chi connectivity index (χ0n) is 6.62. The predicted molar refractivity (Wildman–Crippen MR) is 47.6 cm³/mol. The first-order valence-electron chi connectivity index (χ1n) is 3.94. The van der Waals surface area contributed by atoms with Crippen LogP contribution in [0.2, 0.25) is 0 Å². The van der Waals surface area contributed by atoms with Crippen molar-refractivity contribution in [1.29, 1.82) is 0 Å². The fourth-order valence-corrected chi connectivity index (χ4v) is 1.32. The van der Waals surface area contributed by atoms with E-state index in [2.05, 4.69) is 48.1 Å². The van der Waals surface area contributed by atoms with E-state index in [4.69, 9.17) is 0 Å². The lowest BCUT2D eigenvalue weighted by molar-refractivity contribution is 0.773. The number of benzene rings is 1. The van der Waals surface area contributed by atoms with E-state index in [0.717, 1.165) is 6.54 Å². The molecule has 0 aliphatic heterocycles. The summed E-state index contributed by atoms with van der Waals surface area (Å²) in [5.74, 6) is 0.